The molecule has 0 radical (unpaired) electrons. The number of fused-ring (bicyclic) bond motifs is 1. The maximum Gasteiger partial charge on any atom is 0.130 e. The van der Waals surface area contributed by atoms with Gasteiger partial charge in [0.2, 0.25) is 0 Å². The summed E-state index contributed by atoms with van der Waals surface area (Å²) in [7, 11) is 0. The highest BCUT2D eigenvalue weighted by molar-refractivity contribution is 9.10. The van der Waals surface area contributed by atoms with Gasteiger partial charge in [-0.25, -0.2) is 0 Å². The molecule has 0 atom stereocenters. The Hall–Kier alpha value is -1.80. The van der Waals surface area contributed by atoms with Gasteiger partial charge in [0, 0.05) is 16.5 Å². The smallest absolute Gasteiger partial charge is 0.130 e. The third-order valence-electron chi connectivity index (χ3n) is 3.40. The second-order valence-corrected chi connectivity index (χ2v) is 5.79. The number of halogens is 1. The SMILES string of the molecule is CC(=CC=C1Cc2ccccc2O1)c1ccc(Br)cc1. The number of benzene rings is 2. The summed E-state index contributed by atoms with van der Waals surface area (Å²) in [5.41, 5.74) is 3.71. The van der Waals surface area contributed by atoms with Gasteiger partial charge in [-0.2, -0.15) is 0 Å². The summed E-state index contributed by atoms with van der Waals surface area (Å²) in [5, 5.41) is 0. The van der Waals surface area contributed by atoms with E-state index in [0.29, 0.717) is 0 Å². The lowest BCUT2D eigenvalue weighted by atomic mass is 10.1. The van der Waals surface area contributed by atoms with E-state index in [2.05, 4.69) is 65.3 Å². The Morgan fingerprint density at radius 3 is 2.60 bits per heavy atom. The van der Waals surface area contributed by atoms with Crippen LogP contribution in [0.25, 0.3) is 5.57 Å². The average Bonchev–Trinajstić information content (AvgIpc) is 2.88. The van der Waals surface area contributed by atoms with Crippen molar-refractivity contribution < 1.29 is 4.74 Å². The first-order valence-corrected chi connectivity index (χ1v) is 7.41. The molecule has 0 aliphatic carbocycles. The van der Waals surface area contributed by atoms with E-state index >= 15 is 0 Å². The standard InChI is InChI=1S/C18H15BrO/c1-13(14-7-9-16(19)10-8-14)6-11-17-12-15-4-2-3-5-18(15)20-17/h2-11H,12H2,1H3. The zero-order chi connectivity index (χ0) is 13.9. The molecule has 0 saturated carbocycles. The van der Waals surface area contributed by atoms with Crippen molar-refractivity contribution in [2.24, 2.45) is 0 Å². The molecule has 0 N–H and O–H groups in total. The number of hydrogen-bond acceptors (Lipinski definition) is 1. The van der Waals surface area contributed by atoms with Crippen LogP contribution in [0.5, 0.6) is 5.75 Å². The van der Waals surface area contributed by atoms with Crippen LogP contribution in [0.4, 0.5) is 0 Å². The minimum atomic E-state index is 0.875. The molecule has 1 heterocycles. The Balaban J connectivity index is 1.77. The molecule has 1 aliphatic heterocycles. The summed E-state index contributed by atoms with van der Waals surface area (Å²) in [6, 6.07) is 16.5. The maximum absolute atomic E-state index is 5.82. The Kier molecular flexibility index (Phi) is 3.75. The van der Waals surface area contributed by atoms with Crippen LogP contribution in [-0.2, 0) is 6.42 Å². The highest BCUT2D eigenvalue weighted by Crippen LogP contribution is 2.30. The molecule has 2 aromatic rings. The molecule has 20 heavy (non-hydrogen) atoms. The zero-order valence-corrected chi connectivity index (χ0v) is 12.9. The van der Waals surface area contributed by atoms with Crippen molar-refractivity contribution in [3.63, 3.8) is 0 Å². The Bertz CT molecular complexity index is 654. The predicted molar refractivity (Wildman–Crippen MR) is 86.7 cm³/mol. The molecule has 2 heteroatoms. The number of rotatable bonds is 2. The highest BCUT2D eigenvalue weighted by Gasteiger charge is 2.15. The normalized spacial score (nSPS) is 16.1. The second-order valence-electron chi connectivity index (χ2n) is 4.88. The molecule has 0 fully saturated rings. The molecule has 0 amide bonds. The Morgan fingerprint density at radius 1 is 1.10 bits per heavy atom. The van der Waals surface area contributed by atoms with Gasteiger partial charge in [0.1, 0.15) is 11.5 Å². The summed E-state index contributed by atoms with van der Waals surface area (Å²) < 4.78 is 6.92. The van der Waals surface area contributed by atoms with E-state index in [0.717, 1.165) is 22.4 Å². The molecular weight excluding hydrogens is 312 g/mol. The first-order chi connectivity index (χ1) is 9.72. The molecule has 1 nitrogen and oxygen atoms in total. The summed E-state index contributed by atoms with van der Waals surface area (Å²) in [6.45, 7) is 2.11. The highest BCUT2D eigenvalue weighted by atomic mass is 79.9. The van der Waals surface area contributed by atoms with Crippen LogP contribution in [-0.4, -0.2) is 0 Å². The Labute approximate surface area is 127 Å². The molecule has 0 unspecified atom stereocenters. The quantitative estimate of drug-likeness (QED) is 0.720. The van der Waals surface area contributed by atoms with Gasteiger partial charge >= 0.3 is 0 Å². The molecule has 0 bridgehead atoms. The Morgan fingerprint density at radius 2 is 1.85 bits per heavy atom. The molecule has 0 spiro atoms. The van der Waals surface area contributed by atoms with Crippen LogP contribution < -0.4 is 4.74 Å². The molecular formula is C18H15BrO. The molecule has 0 saturated heterocycles. The van der Waals surface area contributed by atoms with Gasteiger partial charge in [-0.3, -0.25) is 0 Å². The summed E-state index contributed by atoms with van der Waals surface area (Å²) in [5.74, 6) is 1.98. The van der Waals surface area contributed by atoms with Crippen molar-refractivity contribution >= 4 is 21.5 Å². The average molecular weight is 327 g/mol. The number of para-hydroxylation sites is 1. The third-order valence-corrected chi connectivity index (χ3v) is 3.93. The van der Waals surface area contributed by atoms with Crippen LogP contribution in [0.1, 0.15) is 18.1 Å². The van der Waals surface area contributed by atoms with Crippen LogP contribution in [0.3, 0.4) is 0 Å². The third kappa shape index (κ3) is 2.86. The summed E-state index contributed by atoms with van der Waals surface area (Å²) in [4.78, 5) is 0. The van der Waals surface area contributed by atoms with Crippen LogP contribution >= 0.6 is 15.9 Å². The van der Waals surface area contributed by atoms with Gasteiger partial charge in [-0.05, 0) is 42.3 Å². The van der Waals surface area contributed by atoms with E-state index in [4.69, 9.17) is 4.74 Å². The molecule has 0 aromatic heterocycles. The monoisotopic (exact) mass is 326 g/mol. The van der Waals surface area contributed by atoms with Gasteiger partial charge < -0.3 is 4.74 Å². The fourth-order valence-corrected chi connectivity index (χ4v) is 2.50. The molecule has 2 aromatic carbocycles. The van der Waals surface area contributed by atoms with Crippen molar-refractivity contribution in [3.05, 3.63) is 82.0 Å². The lowest BCUT2D eigenvalue weighted by Gasteiger charge is -2.01. The van der Waals surface area contributed by atoms with Gasteiger partial charge in [0.15, 0.2) is 0 Å². The number of allylic oxidation sites excluding steroid dienone is 4. The molecule has 1 aliphatic rings. The van der Waals surface area contributed by atoms with Gasteiger partial charge in [0.25, 0.3) is 0 Å². The molecule has 100 valence electrons. The largest absolute Gasteiger partial charge is 0.461 e. The second kappa shape index (κ2) is 5.68. The van der Waals surface area contributed by atoms with E-state index in [9.17, 15) is 0 Å². The first kappa shape index (κ1) is 13.2. The van der Waals surface area contributed by atoms with Gasteiger partial charge in [0.05, 0.1) is 0 Å². The molecule has 3 rings (SSSR count). The maximum atomic E-state index is 5.82. The van der Waals surface area contributed by atoms with Crippen molar-refractivity contribution in [1.82, 2.24) is 0 Å². The minimum Gasteiger partial charge on any atom is -0.461 e. The van der Waals surface area contributed by atoms with E-state index in [1.165, 1.54) is 16.7 Å². The van der Waals surface area contributed by atoms with Crippen LogP contribution in [0.15, 0.2) is 70.9 Å². The van der Waals surface area contributed by atoms with E-state index in [1.807, 2.05) is 18.2 Å². The number of hydrogen-bond donors (Lipinski definition) is 0. The summed E-state index contributed by atoms with van der Waals surface area (Å²) in [6.07, 6.45) is 5.06. The van der Waals surface area contributed by atoms with Gasteiger partial charge in [-0.15, -0.1) is 0 Å². The topological polar surface area (TPSA) is 9.23 Å². The minimum absolute atomic E-state index is 0.875. The van der Waals surface area contributed by atoms with Crippen molar-refractivity contribution in [2.45, 2.75) is 13.3 Å². The van der Waals surface area contributed by atoms with E-state index < -0.39 is 0 Å². The van der Waals surface area contributed by atoms with E-state index in [-0.39, 0.29) is 0 Å². The lowest BCUT2D eigenvalue weighted by molar-refractivity contribution is 0.446. The van der Waals surface area contributed by atoms with Crippen molar-refractivity contribution in [3.8, 4) is 5.75 Å². The number of ether oxygens (including phenoxy) is 1. The van der Waals surface area contributed by atoms with Crippen LogP contribution in [0, 0.1) is 0 Å². The van der Waals surface area contributed by atoms with Crippen molar-refractivity contribution in [2.75, 3.05) is 0 Å². The lowest BCUT2D eigenvalue weighted by Crippen LogP contribution is -1.87. The first-order valence-electron chi connectivity index (χ1n) is 6.61. The van der Waals surface area contributed by atoms with Crippen molar-refractivity contribution in [1.29, 1.82) is 0 Å². The zero-order valence-electron chi connectivity index (χ0n) is 11.3. The fraction of sp³-hybridized carbons (Fsp3) is 0.111. The van der Waals surface area contributed by atoms with Gasteiger partial charge in [-0.1, -0.05) is 52.3 Å². The summed E-state index contributed by atoms with van der Waals surface area (Å²) >= 11 is 3.45. The van der Waals surface area contributed by atoms with E-state index in [1.54, 1.807) is 0 Å². The predicted octanol–water partition coefficient (Wildman–Crippen LogP) is 5.37. The fourth-order valence-electron chi connectivity index (χ4n) is 2.23. The van der Waals surface area contributed by atoms with Crippen LogP contribution in [0.2, 0.25) is 0 Å².